The van der Waals surface area contributed by atoms with Crippen molar-refractivity contribution in [2.45, 2.75) is 19.3 Å². The zero-order valence-electron chi connectivity index (χ0n) is 15.5. The summed E-state index contributed by atoms with van der Waals surface area (Å²) in [5.41, 5.74) is 4.42. The lowest BCUT2D eigenvalue weighted by Crippen LogP contribution is -2.34. The Morgan fingerprint density at radius 2 is 2.04 bits per heavy atom. The number of aromatic nitrogens is 3. The SMILES string of the molecule is C[C@@H](c1cc(F)cc(Cl)c1)c1cnnc(-c2nccc3c2CCN(C)C3=O)c1. The number of hydrogen-bond donors (Lipinski definition) is 0. The normalized spacial score (nSPS) is 14.7. The molecule has 0 spiro atoms. The van der Waals surface area contributed by atoms with E-state index < -0.39 is 0 Å². The zero-order chi connectivity index (χ0) is 19.8. The number of pyridine rings is 1. The number of carbonyl (C=O) groups is 1. The maximum atomic E-state index is 13.7. The van der Waals surface area contributed by atoms with Gasteiger partial charge in [0.05, 0.1) is 11.9 Å². The van der Waals surface area contributed by atoms with E-state index in [4.69, 9.17) is 11.6 Å². The average Bonchev–Trinajstić information content (AvgIpc) is 2.69. The van der Waals surface area contributed by atoms with Gasteiger partial charge >= 0.3 is 0 Å². The molecule has 0 saturated heterocycles. The molecule has 7 heteroatoms. The minimum atomic E-state index is -0.377. The third-order valence-electron chi connectivity index (χ3n) is 5.13. The molecule has 4 rings (SSSR count). The molecule has 1 aliphatic rings. The summed E-state index contributed by atoms with van der Waals surface area (Å²) < 4.78 is 13.7. The summed E-state index contributed by atoms with van der Waals surface area (Å²) in [6.45, 7) is 2.59. The number of hydrogen-bond acceptors (Lipinski definition) is 4. The van der Waals surface area contributed by atoms with Crippen molar-refractivity contribution in [2.75, 3.05) is 13.6 Å². The number of halogens is 2. The number of carbonyl (C=O) groups excluding carboxylic acids is 1. The monoisotopic (exact) mass is 396 g/mol. The van der Waals surface area contributed by atoms with E-state index in [-0.39, 0.29) is 17.6 Å². The number of nitrogens with zero attached hydrogens (tertiary/aromatic N) is 4. The van der Waals surface area contributed by atoms with Crippen LogP contribution in [-0.4, -0.2) is 39.6 Å². The number of amides is 1. The van der Waals surface area contributed by atoms with E-state index in [0.29, 0.717) is 34.9 Å². The molecule has 1 amide bonds. The summed E-state index contributed by atoms with van der Waals surface area (Å²) in [6, 6.07) is 8.12. The standard InChI is InChI=1S/C21H18ClFN4O/c1-12(13-7-15(22)10-16(23)8-13)14-9-19(26-25-11-14)20-17-4-6-27(2)21(28)18(17)3-5-24-20/h3,5,7-12H,4,6H2,1-2H3/t12-/m0/s1. The third kappa shape index (κ3) is 3.36. The molecule has 0 unspecified atom stereocenters. The Bertz CT molecular complexity index is 1050. The van der Waals surface area contributed by atoms with Gasteiger partial charge in [-0.2, -0.15) is 5.10 Å². The topological polar surface area (TPSA) is 59.0 Å². The van der Waals surface area contributed by atoms with Crippen molar-refractivity contribution in [3.05, 3.63) is 75.8 Å². The zero-order valence-corrected chi connectivity index (χ0v) is 16.2. The first kappa shape index (κ1) is 18.5. The highest BCUT2D eigenvalue weighted by Crippen LogP contribution is 2.31. The van der Waals surface area contributed by atoms with Crippen LogP contribution in [0.2, 0.25) is 5.02 Å². The Balaban J connectivity index is 1.75. The van der Waals surface area contributed by atoms with E-state index in [1.807, 2.05) is 13.0 Å². The van der Waals surface area contributed by atoms with Crippen molar-refractivity contribution in [2.24, 2.45) is 0 Å². The number of rotatable bonds is 3. The molecule has 1 aliphatic heterocycles. The molecular formula is C21H18ClFN4O. The maximum Gasteiger partial charge on any atom is 0.254 e. The predicted octanol–water partition coefficient (Wildman–Crippen LogP) is 4.11. The second kappa shape index (κ2) is 7.28. The Kier molecular flexibility index (Phi) is 4.81. The van der Waals surface area contributed by atoms with Gasteiger partial charge in [0, 0.05) is 36.3 Å². The molecule has 5 nitrogen and oxygen atoms in total. The van der Waals surface area contributed by atoms with Crippen molar-refractivity contribution in [3.8, 4) is 11.4 Å². The van der Waals surface area contributed by atoms with Crippen LogP contribution < -0.4 is 0 Å². The lowest BCUT2D eigenvalue weighted by molar-refractivity contribution is 0.0781. The average molecular weight is 397 g/mol. The van der Waals surface area contributed by atoms with Crippen LogP contribution in [0.4, 0.5) is 4.39 Å². The smallest absolute Gasteiger partial charge is 0.254 e. The molecule has 1 atom stereocenters. The first-order valence-electron chi connectivity index (χ1n) is 8.96. The molecule has 3 heterocycles. The predicted molar refractivity (Wildman–Crippen MR) is 105 cm³/mol. The summed E-state index contributed by atoms with van der Waals surface area (Å²) in [5, 5.41) is 8.71. The second-order valence-electron chi connectivity index (χ2n) is 6.96. The minimum Gasteiger partial charge on any atom is -0.341 e. The van der Waals surface area contributed by atoms with Gasteiger partial charge in [-0.05, 0) is 53.4 Å². The Labute approximate surface area is 167 Å². The molecule has 0 N–H and O–H groups in total. The fraction of sp³-hybridized carbons (Fsp3) is 0.238. The number of likely N-dealkylation sites (N-methyl/N-ethyl adjacent to an activating group) is 1. The van der Waals surface area contributed by atoms with Gasteiger partial charge in [0.1, 0.15) is 11.5 Å². The molecule has 0 aliphatic carbocycles. The van der Waals surface area contributed by atoms with Crippen molar-refractivity contribution in [1.29, 1.82) is 0 Å². The minimum absolute atomic E-state index is 0.0169. The lowest BCUT2D eigenvalue weighted by atomic mass is 9.92. The Hall–Kier alpha value is -2.86. The summed E-state index contributed by atoms with van der Waals surface area (Å²) in [6.07, 6.45) is 3.98. The highest BCUT2D eigenvalue weighted by atomic mass is 35.5. The van der Waals surface area contributed by atoms with Gasteiger partial charge in [-0.15, -0.1) is 5.10 Å². The van der Waals surface area contributed by atoms with E-state index in [1.54, 1.807) is 36.5 Å². The summed E-state index contributed by atoms with van der Waals surface area (Å²) >= 11 is 6.00. The van der Waals surface area contributed by atoms with Crippen molar-refractivity contribution in [3.63, 3.8) is 0 Å². The van der Waals surface area contributed by atoms with Crippen LogP contribution in [-0.2, 0) is 6.42 Å². The maximum absolute atomic E-state index is 13.7. The molecule has 1 aromatic carbocycles. The van der Waals surface area contributed by atoms with Crippen LogP contribution in [0, 0.1) is 5.82 Å². The second-order valence-corrected chi connectivity index (χ2v) is 7.40. The molecule has 28 heavy (non-hydrogen) atoms. The fourth-order valence-electron chi connectivity index (χ4n) is 3.51. The van der Waals surface area contributed by atoms with E-state index in [2.05, 4.69) is 15.2 Å². The van der Waals surface area contributed by atoms with E-state index >= 15 is 0 Å². The summed E-state index contributed by atoms with van der Waals surface area (Å²) in [4.78, 5) is 18.6. The van der Waals surface area contributed by atoms with Crippen LogP contribution >= 0.6 is 11.6 Å². The van der Waals surface area contributed by atoms with Crippen molar-refractivity contribution in [1.82, 2.24) is 20.1 Å². The molecular weight excluding hydrogens is 379 g/mol. The van der Waals surface area contributed by atoms with Crippen molar-refractivity contribution < 1.29 is 9.18 Å². The molecule has 2 aromatic heterocycles. The molecule has 0 bridgehead atoms. The summed E-state index contributed by atoms with van der Waals surface area (Å²) in [5.74, 6) is -0.524. The van der Waals surface area contributed by atoms with Gasteiger partial charge in [-0.1, -0.05) is 18.5 Å². The van der Waals surface area contributed by atoms with Gasteiger partial charge in [-0.3, -0.25) is 9.78 Å². The summed E-state index contributed by atoms with van der Waals surface area (Å²) in [7, 11) is 1.79. The van der Waals surface area contributed by atoms with E-state index in [9.17, 15) is 9.18 Å². The highest BCUT2D eigenvalue weighted by Gasteiger charge is 2.25. The third-order valence-corrected chi connectivity index (χ3v) is 5.35. The molecule has 0 fully saturated rings. The number of fused-ring (bicyclic) bond motifs is 1. The Morgan fingerprint density at radius 3 is 2.82 bits per heavy atom. The first-order chi connectivity index (χ1) is 13.4. The first-order valence-corrected chi connectivity index (χ1v) is 9.34. The Morgan fingerprint density at radius 1 is 1.21 bits per heavy atom. The van der Waals surface area contributed by atoms with Gasteiger partial charge in [0.25, 0.3) is 5.91 Å². The molecule has 0 radical (unpaired) electrons. The van der Waals surface area contributed by atoms with E-state index in [1.165, 1.54) is 12.1 Å². The van der Waals surface area contributed by atoms with Crippen LogP contribution in [0.25, 0.3) is 11.4 Å². The fourth-order valence-corrected chi connectivity index (χ4v) is 3.74. The van der Waals surface area contributed by atoms with Gasteiger partial charge < -0.3 is 4.90 Å². The quantitative estimate of drug-likeness (QED) is 0.668. The lowest BCUT2D eigenvalue weighted by Gasteiger charge is -2.25. The van der Waals surface area contributed by atoms with Crippen LogP contribution in [0.3, 0.4) is 0 Å². The van der Waals surface area contributed by atoms with E-state index in [0.717, 1.165) is 16.7 Å². The van der Waals surface area contributed by atoms with Crippen molar-refractivity contribution >= 4 is 17.5 Å². The highest BCUT2D eigenvalue weighted by molar-refractivity contribution is 6.30. The number of benzene rings is 1. The van der Waals surface area contributed by atoms with Crippen LogP contribution in [0.15, 0.2) is 42.7 Å². The van der Waals surface area contributed by atoms with Gasteiger partial charge in [0.2, 0.25) is 0 Å². The van der Waals surface area contributed by atoms with Crippen LogP contribution in [0.1, 0.15) is 39.9 Å². The van der Waals surface area contributed by atoms with Crippen LogP contribution in [0.5, 0.6) is 0 Å². The molecule has 3 aromatic rings. The largest absolute Gasteiger partial charge is 0.341 e. The molecule has 0 saturated carbocycles. The van der Waals surface area contributed by atoms with Gasteiger partial charge in [-0.25, -0.2) is 4.39 Å². The van der Waals surface area contributed by atoms with Gasteiger partial charge in [0.15, 0.2) is 0 Å². The molecule has 142 valence electrons.